The van der Waals surface area contributed by atoms with Crippen molar-refractivity contribution < 1.29 is 37.0 Å². The molecular formula is C16H16F3NO5. The van der Waals surface area contributed by atoms with Crippen LogP contribution in [0.4, 0.5) is 18.9 Å². The van der Waals surface area contributed by atoms with Crippen LogP contribution in [0.3, 0.4) is 0 Å². The van der Waals surface area contributed by atoms with Crippen LogP contribution in [-0.4, -0.2) is 30.5 Å². The van der Waals surface area contributed by atoms with E-state index in [-0.39, 0.29) is 11.4 Å². The van der Waals surface area contributed by atoms with E-state index >= 15 is 0 Å². The molecule has 6 nitrogen and oxygen atoms in total. The molecule has 1 saturated heterocycles. The van der Waals surface area contributed by atoms with Crippen LogP contribution < -0.4 is 10.1 Å². The van der Waals surface area contributed by atoms with Crippen molar-refractivity contribution in [2.24, 2.45) is 0 Å². The van der Waals surface area contributed by atoms with Gasteiger partial charge in [-0.2, -0.15) is 13.2 Å². The van der Waals surface area contributed by atoms with Gasteiger partial charge in [0.2, 0.25) is 0 Å². The van der Waals surface area contributed by atoms with Crippen molar-refractivity contribution in [3.63, 3.8) is 0 Å². The predicted molar refractivity (Wildman–Crippen MR) is 80.7 cm³/mol. The Labute approximate surface area is 141 Å². The molecule has 1 aromatic rings. The van der Waals surface area contributed by atoms with Gasteiger partial charge in [0.1, 0.15) is 5.75 Å². The first kappa shape index (κ1) is 18.6. The van der Waals surface area contributed by atoms with Crippen molar-refractivity contribution in [1.82, 2.24) is 0 Å². The number of rotatable bonds is 4. The third-order valence-electron chi connectivity index (χ3n) is 3.02. The van der Waals surface area contributed by atoms with Crippen LogP contribution >= 0.6 is 0 Å². The summed E-state index contributed by atoms with van der Waals surface area (Å²) >= 11 is 0. The van der Waals surface area contributed by atoms with E-state index in [9.17, 15) is 22.8 Å². The van der Waals surface area contributed by atoms with Crippen LogP contribution in [0.2, 0.25) is 0 Å². The molecule has 136 valence electrons. The van der Waals surface area contributed by atoms with Gasteiger partial charge >= 0.3 is 18.1 Å². The number of ether oxygens (including phenoxy) is 3. The average molecular weight is 359 g/mol. The largest absolute Gasteiger partial charge is 0.482 e. The zero-order valence-electron chi connectivity index (χ0n) is 13.7. The summed E-state index contributed by atoms with van der Waals surface area (Å²) in [5.41, 5.74) is 0.406. The van der Waals surface area contributed by atoms with Crippen LogP contribution in [0.15, 0.2) is 30.0 Å². The molecule has 0 atom stereocenters. The molecule has 0 amide bonds. The lowest BCUT2D eigenvalue weighted by molar-refractivity contribution is -0.222. The number of nitrogens with one attached hydrogen (secondary N) is 1. The zero-order valence-corrected chi connectivity index (χ0v) is 13.7. The fourth-order valence-corrected chi connectivity index (χ4v) is 1.96. The Morgan fingerprint density at radius 1 is 1.20 bits per heavy atom. The molecule has 0 radical (unpaired) electrons. The van der Waals surface area contributed by atoms with Gasteiger partial charge in [-0.1, -0.05) is 6.07 Å². The molecular weight excluding hydrogens is 343 g/mol. The van der Waals surface area contributed by atoms with Gasteiger partial charge in [0.25, 0.3) is 5.79 Å². The lowest BCUT2D eigenvalue weighted by Gasteiger charge is -2.29. The van der Waals surface area contributed by atoms with Crippen molar-refractivity contribution in [1.29, 1.82) is 0 Å². The molecule has 0 spiro atoms. The van der Waals surface area contributed by atoms with Crippen molar-refractivity contribution in [2.75, 3.05) is 11.9 Å². The number of anilines is 1. The van der Waals surface area contributed by atoms with E-state index in [1.807, 2.05) is 0 Å². The Hall–Kier alpha value is -2.71. The zero-order chi connectivity index (χ0) is 18.8. The van der Waals surface area contributed by atoms with Crippen molar-refractivity contribution in [3.05, 3.63) is 35.5 Å². The number of esters is 2. The number of alkyl halides is 3. The van der Waals surface area contributed by atoms with Gasteiger partial charge in [-0.25, -0.2) is 9.59 Å². The summed E-state index contributed by atoms with van der Waals surface area (Å²) in [7, 11) is 0. The minimum atomic E-state index is -4.50. The molecule has 1 aromatic carbocycles. The van der Waals surface area contributed by atoms with Crippen LogP contribution in [-0.2, 0) is 19.1 Å². The van der Waals surface area contributed by atoms with Gasteiger partial charge in [0, 0.05) is 20.0 Å². The second kappa shape index (κ2) is 6.66. The maximum Gasteiger partial charge on any atom is 0.422 e. The number of halogens is 3. The molecule has 0 bridgehead atoms. The first-order chi connectivity index (χ1) is 11.5. The standard InChI is InChI=1S/C16H16F3NO5/c1-9-4-5-11(12(6-9)23-8-16(17,18)19)20-7-10-13(21)24-15(2,3)25-14(10)22/h4-7,20H,8H2,1-3H3. The van der Waals surface area contributed by atoms with Crippen LogP contribution in [0.5, 0.6) is 5.75 Å². The molecule has 0 aliphatic carbocycles. The number of cyclic esters (lactones) is 2. The summed E-state index contributed by atoms with van der Waals surface area (Å²) in [5, 5.41) is 2.58. The van der Waals surface area contributed by atoms with Crippen LogP contribution in [0, 0.1) is 6.92 Å². The van der Waals surface area contributed by atoms with E-state index in [0.717, 1.165) is 6.20 Å². The molecule has 0 saturated carbocycles. The van der Waals surface area contributed by atoms with E-state index in [2.05, 4.69) is 5.32 Å². The molecule has 1 fully saturated rings. The van der Waals surface area contributed by atoms with Crippen molar-refractivity contribution >= 4 is 17.6 Å². The first-order valence-corrected chi connectivity index (χ1v) is 7.20. The van der Waals surface area contributed by atoms with Gasteiger partial charge < -0.3 is 19.5 Å². The summed E-state index contributed by atoms with van der Waals surface area (Å²) in [4.78, 5) is 23.7. The molecule has 0 unspecified atom stereocenters. The third kappa shape index (κ3) is 5.13. The molecule has 25 heavy (non-hydrogen) atoms. The van der Waals surface area contributed by atoms with E-state index < -0.39 is 36.1 Å². The SMILES string of the molecule is Cc1ccc(NC=C2C(=O)OC(C)(C)OC2=O)c(OCC(F)(F)F)c1. The summed E-state index contributed by atoms with van der Waals surface area (Å²) in [6, 6.07) is 4.48. The molecule has 1 aliphatic rings. The third-order valence-corrected chi connectivity index (χ3v) is 3.02. The van der Waals surface area contributed by atoms with E-state index in [1.54, 1.807) is 13.0 Å². The molecule has 9 heteroatoms. The lowest BCUT2D eigenvalue weighted by Crippen LogP contribution is -2.42. The molecule has 2 rings (SSSR count). The van der Waals surface area contributed by atoms with Crippen LogP contribution in [0.1, 0.15) is 19.4 Å². The van der Waals surface area contributed by atoms with Gasteiger partial charge in [0.15, 0.2) is 12.2 Å². The number of hydrogen-bond donors (Lipinski definition) is 1. The summed E-state index contributed by atoms with van der Waals surface area (Å²) < 4.78 is 51.6. The monoisotopic (exact) mass is 359 g/mol. The predicted octanol–water partition coefficient (Wildman–Crippen LogP) is 3.07. The first-order valence-electron chi connectivity index (χ1n) is 7.20. The molecule has 1 heterocycles. The van der Waals surface area contributed by atoms with Gasteiger partial charge in [-0.05, 0) is 24.6 Å². The highest BCUT2D eigenvalue weighted by atomic mass is 19.4. The highest BCUT2D eigenvalue weighted by molar-refractivity contribution is 6.15. The van der Waals surface area contributed by atoms with E-state index in [1.165, 1.54) is 26.0 Å². The topological polar surface area (TPSA) is 73.9 Å². The number of aryl methyl sites for hydroxylation is 1. The van der Waals surface area contributed by atoms with Gasteiger partial charge in [-0.15, -0.1) is 0 Å². The molecule has 1 N–H and O–H groups in total. The summed E-state index contributed by atoms with van der Waals surface area (Å²) in [6.07, 6.45) is -3.49. The molecule has 0 aromatic heterocycles. The Balaban J connectivity index is 2.20. The van der Waals surface area contributed by atoms with Crippen molar-refractivity contribution in [3.8, 4) is 5.75 Å². The van der Waals surface area contributed by atoms with Gasteiger partial charge in [-0.3, -0.25) is 0 Å². The number of carbonyl (C=O) groups excluding carboxylic acids is 2. The Kier molecular flexibility index (Phi) is 4.96. The maximum atomic E-state index is 12.3. The minimum absolute atomic E-state index is 0.0768. The Morgan fingerprint density at radius 3 is 2.36 bits per heavy atom. The smallest absolute Gasteiger partial charge is 0.422 e. The fourth-order valence-electron chi connectivity index (χ4n) is 1.96. The highest BCUT2D eigenvalue weighted by Gasteiger charge is 2.39. The Morgan fingerprint density at radius 2 is 1.80 bits per heavy atom. The number of hydrogen-bond acceptors (Lipinski definition) is 6. The maximum absolute atomic E-state index is 12.3. The average Bonchev–Trinajstić information content (AvgIpc) is 2.43. The molecule has 1 aliphatic heterocycles. The quantitative estimate of drug-likeness (QED) is 0.506. The Bertz CT molecular complexity index is 703. The highest BCUT2D eigenvalue weighted by Crippen LogP contribution is 2.29. The normalized spacial score (nSPS) is 16.8. The number of benzene rings is 1. The lowest BCUT2D eigenvalue weighted by atomic mass is 10.2. The summed E-state index contributed by atoms with van der Waals surface area (Å²) in [5.74, 6) is -3.26. The number of carbonyl (C=O) groups is 2. The van der Waals surface area contributed by atoms with Crippen molar-refractivity contribution in [2.45, 2.75) is 32.7 Å². The van der Waals surface area contributed by atoms with Gasteiger partial charge in [0.05, 0.1) is 5.69 Å². The fraction of sp³-hybridized carbons (Fsp3) is 0.375. The second-order valence-corrected chi connectivity index (χ2v) is 5.78. The van der Waals surface area contributed by atoms with Crippen LogP contribution in [0.25, 0.3) is 0 Å². The minimum Gasteiger partial charge on any atom is -0.482 e. The van der Waals surface area contributed by atoms with E-state index in [4.69, 9.17) is 14.2 Å². The van der Waals surface area contributed by atoms with E-state index in [0.29, 0.717) is 5.56 Å². The second-order valence-electron chi connectivity index (χ2n) is 5.78. The summed E-state index contributed by atoms with van der Waals surface area (Å²) in [6.45, 7) is 3.01.